The second kappa shape index (κ2) is 7.22. The van der Waals surface area contributed by atoms with E-state index in [1.165, 1.54) is 11.2 Å². The fourth-order valence-electron chi connectivity index (χ4n) is 2.23. The van der Waals surface area contributed by atoms with Gasteiger partial charge >= 0.3 is 5.97 Å². The molecule has 0 radical (unpaired) electrons. The Hall–Kier alpha value is -1.15. The molecule has 1 aliphatic rings. The summed E-state index contributed by atoms with van der Waals surface area (Å²) in [4.78, 5) is 22.9. The molecule has 122 valence electrons. The number of hydrogen-bond acceptors (Lipinski definition) is 4. The summed E-state index contributed by atoms with van der Waals surface area (Å²) in [6.07, 6.45) is 1.11. The van der Waals surface area contributed by atoms with Crippen molar-refractivity contribution in [2.75, 3.05) is 18.8 Å². The van der Waals surface area contributed by atoms with Gasteiger partial charge in [0.1, 0.15) is 0 Å². The van der Waals surface area contributed by atoms with E-state index >= 15 is 0 Å². The largest absolute Gasteiger partial charge is 0.481 e. The van der Waals surface area contributed by atoms with E-state index in [1.54, 1.807) is 13.8 Å². The number of hydrogen-bond donors (Lipinski definition) is 2. The van der Waals surface area contributed by atoms with E-state index < -0.39 is 27.8 Å². The fraction of sp³-hybridized carbons (Fsp3) is 0.846. The minimum Gasteiger partial charge on any atom is -0.481 e. The molecule has 0 spiro atoms. The Morgan fingerprint density at radius 1 is 1.24 bits per heavy atom. The molecule has 1 fully saturated rings. The maximum atomic E-state index is 12.0. The van der Waals surface area contributed by atoms with Gasteiger partial charge in [-0.2, -0.15) is 0 Å². The number of piperidine rings is 1. The van der Waals surface area contributed by atoms with Crippen LogP contribution in [-0.2, 0) is 19.6 Å². The number of carboxylic acids is 1. The zero-order valence-electron chi connectivity index (χ0n) is 12.7. The molecule has 2 atom stereocenters. The van der Waals surface area contributed by atoms with Crippen molar-refractivity contribution in [2.45, 2.75) is 39.7 Å². The van der Waals surface area contributed by atoms with Gasteiger partial charge in [-0.15, -0.1) is 0 Å². The molecule has 1 aliphatic heterocycles. The molecular formula is C13H24N2O5S. The van der Waals surface area contributed by atoms with Crippen LogP contribution in [0.2, 0.25) is 0 Å². The third kappa shape index (κ3) is 4.67. The number of nitrogens with one attached hydrogen (secondary N) is 1. The summed E-state index contributed by atoms with van der Waals surface area (Å²) >= 11 is 0. The van der Waals surface area contributed by atoms with E-state index in [-0.39, 0.29) is 17.7 Å². The number of amides is 1. The molecule has 2 unspecified atom stereocenters. The van der Waals surface area contributed by atoms with Crippen molar-refractivity contribution in [3.05, 3.63) is 0 Å². The molecule has 7 nitrogen and oxygen atoms in total. The Bertz CT molecular complexity index is 483. The average Bonchev–Trinajstić information content (AvgIpc) is 2.46. The first-order valence-electron chi connectivity index (χ1n) is 7.20. The average molecular weight is 320 g/mol. The molecule has 8 heteroatoms. The molecule has 0 aliphatic carbocycles. The summed E-state index contributed by atoms with van der Waals surface area (Å²) in [6, 6.07) is -0.0933. The predicted molar refractivity (Wildman–Crippen MR) is 78.2 cm³/mol. The van der Waals surface area contributed by atoms with Crippen LogP contribution in [0.5, 0.6) is 0 Å². The number of rotatable bonds is 6. The third-order valence-electron chi connectivity index (χ3n) is 4.11. The van der Waals surface area contributed by atoms with Crippen LogP contribution in [0.25, 0.3) is 0 Å². The Balaban J connectivity index is 2.49. The first-order chi connectivity index (χ1) is 9.69. The van der Waals surface area contributed by atoms with Crippen LogP contribution in [-0.4, -0.2) is 54.6 Å². The second-order valence-corrected chi connectivity index (χ2v) is 7.76. The van der Waals surface area contributed by atoms with Gasteiger partial charge in [-0.05, 0) is 19.8 Å². The highest BCUT2D eigenvalue weighted by atomic mass is 32.2. The van der Waals surface area contributed by atoms with Gasteiger partial charge < -0.3 is 10.4 Å². The van der Waals surface area contributed by atoms with Crippen molar-refractivity contribution >= 4 is 21.9 Å². The Kier molecular flexibility index (Phi) is 6.15. The maximum Gasteiger partial charge on any atom is 0.307 e. The van der Waals surface area contributed by atoms with Crippen LogP contribution < -0.4 is 5.32 Å². The van der Waals surface area contributed by atoms with Crippen molar-refractivity contribution in [1.82, 2.24) is 9.62 Å². The van der Waals surface area contributed by atoms with E-state index in [0.29, 0.717) is 25.9 Å². The highest BCUT2D eigenvalue weighted by molar-refractivity contribution is 7.89. The summed E-state index contributed by atoms with van der Waals surface area (Å²) in [7, 11) is -3.17. The molecule has 0 aromatic rings. The SMILES string of the molecule is CCS(=O)(=O)N1CCC(NC(=O)C(C)C(C)C(=O)O)CC1. The maximum absolute atomic E-state index is 12.0. The molecule has 1 saturated heterocycles. The van der Waals surface area contributed by atoms with E-state index in [4.69, 9.17) is 5.11 Å². The van der Waals surface area contributed by atoms with Gasteiger partial charge in [0.15, 0.2) is 0 Å². The third-order valence-corrected chi connectivity index (χ3v) is 5.99. The van der Waals surface area contributed by atoms with Crippen LogP contribution in [0.15, 0.2) is 0 Å². The summed E-state index contributed by atoms with van der Waals surface area (Å²) in [5, 5.41) is 11.7. The summed E-state index contributed by atoms with van der Waals surface area (Å²) in [6.45, 7) is 5.49. The number of nitrogens with zero attached hydrogens (tertiary/aromatic N) is 1. The van der Waals surface area contributed by atoms with E-state index in [0.717, 1.165) is 0 Å². The Labute approximate surface area is 125 Å². The van der Waals surface area contributed by atoms with Gasteiger partial charge in [-0.3, -0.25) is 9.59 Å². The molecule has 21 heavy (non-hydrogen) atoms. The Morgan fingerprint density at radius 3 is 2.19 bits per heavy atom. The normalized spacial score (nSPS) is 20.7. The van der Waals surface area contributed by atoms with Gasteiger partial charge in [0.25, 0.3) is 0 Å². The van der Waals surface area contributed by atoms with Crippen LogP contribution in [0.4, 0.5) is 0 Å². The van der Waals surface area contributed by atoms with Crippen LogP contribution in [0.3, 0.4) is 0 Å². The lowest BCUT2D eigenvalue weighted by molar-refractivity contribution is -0.146. The molecule has 0 bridgehead atoms. The Morgan fingerprint density at radius 2 is 1.76 bits per heavy atom. The van der Waals surface area contributed by atoms with Gasteiger partial charge in [-0.1, -0.05) is 13.8 Å². The number of sulfonamides is 1. The molecule has 0 saturated carbocycles. The molecule has 1 rings (SSSR count). The smallest absolute Gasteiger partial charge is 0.307 e. The van der Waals surface area contributed by atoms with E-state index in [2.05, 4.69) is 5.32 Å². The van der Waals surface area contributed by atoms with Crippen molar-refractivity contribution < 1.29 is 23.1 Å². The van der Waals surface area contributed by atoms with Gasteiger partial charge in [0, 0.05) is 25.0 Å². The standard InChI is InChI=1S/C13H24N2O5S/c1-4-21(19,20)15-7-5-11(6-8-15)14-12(16)9(2)10(3)13(17)18/h9-11H,4-8H2,1-3H3,(H,14,16)(H,17,18). The summed E-state index contributed by atoms with van der Waals surface area (Å²) in [5.74, 6) is -2.56. The molecule has 2 N–H and O–H groups in total. The van der Waals surface area contributed by atoms with E-state index in [1.807, 2.05) is 0 Å². The zero-order chi connectivity index (χ0) is 16.2. The van der Waals surface area contributed by atoms with Crippen LogP contribution in [0, 0.1) is 11.8 Å². The predicted octanol–water partition coefficient (Wildman–Crippen LogP) is 0.274. The molecular weight excluding hydrogens is 296 g/mol. The van der Waals surface area contributed by atoms with Crippen molar-refractivity contribution in [3.8, 4) is 0 Å². The highest BCUT2D eigenvalue weighted by Crippen LogP contribution is 2.16. The number of carboxylic acid groups (broad SMARTS) is 1. The summed E-state index contributed by atoms with van der Waals surface area (Å²) in [5.41, 5.74) is 0. The van der Waals surface area contributed by atoms with Gasteiger partial charge in [-0.25, -0.2) is 12.7 Å². The first kappa shape index (κ1) is 17.9. The first-order valence-corrected chi connectivity index (χ1v) is 8.81. The zero-order valence-corrected chi connectivity index (χ0v) is 13.5. The lowest BCUT2D eigenvalue weighted by Gasteiger charge is -2.32. The molecule has 0 aromatic carbocycles. The van der Waals surface area contributed by atoms with E-state index in [9.17, 15) is 18.0 Å². The molecule has 0 aromatic heterocycles. The summed E-state index contributed by atoms with van der Waals surface area (Å²) < 4.78 is 24.9. The van der Waals surface area contributed by atoms with Crippen LogP contribution >= 0.6 is 0 Å². The van der Waals surface area contributed by atoms with Gasteiger partial charge in [0.2, 0.25) is 15.9 Å². The highest BCUT2D eigenvalue weighted by Gasteiger charge is 2.30. The van der Waals surface area contributed by atoms with Crippen molar-refractivity contribution in [3.63, 3.8) is 0 Å². The quantitative estimate of drug-likeness (QED) is 0.731. The topological polar surface area (TPSA) is 104 Å². The van der Waals surface area contributed by atoms with Crippen molar-refractivity contribution in [1.29, 1.82) is 0 Å². The van der Waals surface area contributed by atoms with Crippen LogP contribution in [0.1, 0.15) is 33.6 Å². The lowest BCUT2D eigenvalue weighted by Crippen LogP contribution is -2.48. The van der Waals surface area contributed by atoms with Gasteiger partial charge in [0.05, 0.1) is 11.7 Å². The molecule has 1 heterocycles. The minimum absolute atomic E-state index is 0.0805. The number of carbonyl (C=O) groups excluding carboxylic acids is 1. The fourth-order valence-corrected chi connectivity index (χ4v) is 3.37. The lowest BCUT2D eigenvalue weighted by atomic mass is 9.94. The van der Waals surface area contributed by atoms with Crippen molar-refractivity contribution in [2.24, 2.45) is 11.8 Å². The second-order valence-electron chi connectivity index (χ2n) is 5.50. The monoisotopic (exact) mass is 320 g/mol. The minimum atomic E-state index is -3.17. The molecule has 1 amide bonds. The number of carbonyl (C=O) groups is 2. The number of aliphatic carboxylic acids is 1.